The molecular weight excluding hydrogens is 310 g/mol. The Morgan fingerprint density at radius 3 is 2.57 bits per heavy atom. The average Bonchev–Trinajstić information content (AvgIpc) is 2.43. The average molecular weight is 337 g/mol. The highest BCUT2D eigenvalue weighted by atomic mass is 28.4. The number of carbonyl (C=O) groups is 1. The summed E-state index contributed by atoms with van der Waals surface area (Å²) in [5.74, 6) is -0.154. The summed E-state index contributed by atoms with van der Waals surface area (Å²) in [7, 11) is -0.0436. The van der Waals surface area contributed by atoms with E-state index in [2.05, 4.69) is 39.3 Å². The molecule has 1 unspecified atom stereocenters. The van der Waals surface area contributed by atoms with Gasteiger partial charge in [-0.2, -0.15) is 0 Å². The summed E-state index contributed by atoms with van der Waals surface area (Å²) < 4.78 is 7.81. The Kier molecular flexibility index (Phi) is 4.73. The molecule has 0 aromatic carbocycles. The van der Waals surface area contributed by atoms with Crippen molar-refractivity contribution in [1.29, 1.82) is 0 Å². The molecule has 2 rings (SSSR count). The van der Waals surface area contributed by atoms with Crippen LogP contribution in [0.2, 0.25) is 18.1 Å². The number of hydrogen-bond acceptors (Lipinski definition) is 4. The Balaban J connectivity index is 2.04. The number of amides is 1. The van der Waals surface area contributed by atoms with Crippen LogP contribution in [-0.2, 0) is 4.43 Å². The number of rotatable bonds is 4. The monoisotopic (exact) mass is 337 g/mol. The Morgan fingerprint density at radius 1 is 1.30 bits per heavy atom. The molecule has 6 nitrogen and oxygen atoms in total. The minimum atomic E-state index is -1.79. The van der Waals surface area contributed by atoms with Gasteiger partial charge in [-0.25, -0.2) is 0 Å². The summed E-state index contributed by atoms with van der Waals surface area (Å²) in [6.45, 7) is 11.7. The van der Waals surface area contributed by atoms with Crippen LogP contribution in [0.3, 0.4) is 0 Å². The minimum Gasteiger partial charge on any atom is -0.417 e. The zero-order valence-corrected chi connectivity index (χ0v) is 15.8. The van der Waals surface area contributed by atoms with Crippen molar-refractivity contribution < 1.29 is 9.22 Å². The standard InChI is InChI=1S/C16H27N3O3Si/c1-16(2,3)23(5,6)22-10-8-14-17-19-9-7-12(20)11-13(19)15(21)18(14)4/h7,9,11,14,17H,8,10H2,1-6H3. The van der Waals surface area contributed by atoms with Crippen molar-refractivity contribution in [2.75, 3.05) is 19.1 Å². The minimum absolute atomic E-state index is 0.151. The van der Waals surface area contributed by atoms with Gasteiger partial charge in [0, 0.05) is 38.4 Å². The Bertz CT molecular complexity index is 649. The molecule has 0 fully saturated rings. The van der Waals surface area contributed by atoms with E-state index in [1.807, 2.05) is 0 Å². The zero-order chi connectivity index (χ0) is 17.4. The first-order valence-corrected chi connectivity index (χ1v) is 10.8. The fourth-order valence-corrected chi connectivity index (χ4v) is 3.29. The molecule has 1 aromatic heterocycles. The van der Waals surface area contributed by atoms with Crippen molar-refractivity contribution in [2.24, 2.45) is 0 Å². The zero-order valence-electron chi connectivity index (χ0n) is 14.8. The van der Waals surface area contributed by atoms with Gasteiger partial charge in [-0.1, -0.05) is 20.8 Å². The molecule has 1 aliphatic rings. The van der Waals surface area contributed by atoms with Crippen LogP contribution in [0.1, 0.15) is 37.7 Å². The smallest absolute Gasteiger partial charge is 0.273 e. The van der Waals surface area contributed by atoms with E-state index in [-0.39, 0.29) is 22.5 Å². The maximum absolute atomic E-state index is 12.4. The summed E-state index contributed by atoms with van der Waals surface area (Å²) in [6.07, 6.45) is 2.15. The van der Waals surface area contributed by atoms with Gasteiger partial charge in [-0.3, -0.25) is 14.3 Å². The van der Waals surface area contributed by atoms with Crippen molar-refractivity contribution in [2.45, 2.75) is 51.5 Å². The quantitative estimate of drug-likeness (QED) is 0.856. The van der Waals surface area contributed by atoms with E-state index in [1.54, 1.807) is 22.8 Å². The second-order valence-electron chi connectivity index (χ2n) is 7.58. The topological polar surface area (TPSA) is 63.6 Å². The second-order valence-corrected chi connectivity index (χ2v) is 12.4. The first-order valence-electron chi connectivity index (χ1n) is 7.93. The largest absolute Gasteiger partial charge is 0.417 e. The summed E-state index contributed by atoms with van der Waals surface area (Å²) in [6, 6.07) is 2.80. The van der Waals surface area contributed by atoms with Gasteiger partial charge < -0.3 is 14.8 Å². The fourth-order valence-electron chi connectivity index (χ4n) is 2.23. The van der Waals surface area contributed by atoms with Gasteiger partial charge in [0.05, 0.1) is 0 Å². The van der Waals surface area contributed by atoms with E-state index < -0.39 is 8.32 Å². The predicted molar refractivity (Wildman–Crippen MR) is 93.7 cm³/mol. The molecule has 0 aliphatic carbocycles. The maximum Gasteiger partial charge on any atom is 0.273 e. The first kappa shape index (κ1) is 17.7. The summed E-state index contributed by atoms with van der Waals surface area (Å²) >= 11 is 0. The molecular formula is C16H27N3O3Si. The predicted octanol–water partition coefficient (Wildman–Crippen LogP) is 2.22. The van der Waals surface area contributed by atoms with E-state index in [0.717, 1.165) is 0 Å². The van der Waals surface area contributed by atoms with Crippen LogP contribution in [0.15, 0.2) is 23.1 Å². The van der Waals surface area contributed by atoms with Crippen molar-refractivity contribution in [3.05, 3.63) is 34.2 Å². The van der Waals surface area contributed by atoms with Gasteiger partial charge >= 0.3 is 0 Å². The SMILES string of the molecule is CN1C(=O)c2cc(=O)ccn2NC1CCO[Si](C)(C)C(C)(C)C. The molecule has 7 heteroatoms. The van der Waals surface area contributed by atoms with Gasteiger partial charge in [-0.05, 0) is 18.1 Å². The molecule has 1 aliphatic heterocycles. The number of hydrogen-bond donors (Lipinski definition) is 1. The van der Waals surface area contributed by atoms with Gasteiger partial charge in [0.25, 0.3) is 5.91 Å². The van der Waals surface area contributed by atoms with Crippen molar-refractivity contribution in [3.63, 3.8) is 0 Å². The van der Waals surface area contributed by atoms with E-state index in [0.29, 0.717) is 18.7 Å². The molecule has 1 atom stereocenters. The van der Waals surface area contributed by atoms with Gasteiger partial charge in [0.2, 0.25) is 0 Å². The van der Waals surface area contributed by atoms with Crippen LogP contribution >= 0.6 is 0 Å². The number of carbonyl (C=O) groups excluding carboxylic acids is 1. The van der Waals surface area contributed by atoms with Crippen molar-refractivity contribution in [1.82, 2.24) is 9.58 Å². The van der Waals surface area contributed by atoms with Gasteiger partial charge in [0.1, 0.15) is 11.9 Å². The van der Waals surface area contributed by atoms with E-state index in [1.165, 1.54) is 12.1 Å². The lowest BCUT2D eigenvalue weighted by atomic mass is 10.2. The number of nitrogens with one attached hydrogen (secondary N) is 1. The summed E-state index contributed by atoms with van der Waals surface area (Å²) in [4.78, 5) is 25.4. The van der Waals surface area contributed by atoms with Crippen molar-refractivity contribution in [3.8, 4) is 0 Å². The normalized spacial score (nSPS) is 18.6. The Labute approximate surface area is 138 Å². The molecule has 0 saturated carbocycles. The molecule has 128 valence electrons. The van der Waals surface area contributed by atoms with Crippen LogP contribution in [0.5, 0.6) is 0 Å². The molecule has 0 spiro atoms. The Hall–Kier alpha value is -1.60. The van der Waals surface area contributed by atoms with Crippen LogP contribution in [-0.4, -0.2) is 43.6 Å². The molecule has 2 heterocycles. The number of fused-ring (bicyclic) bond motifs is 1. The summed E-state index contributed by atoms with van der Waals surface area (Å²) in [5.41, 5.74) is 3.44. The number of pyridine rings is 1. The Morgan fingerprint density at radius 2 is 1.96 bits per heavy atom. The fraction of sp³-hybridized carbons (Fsp3) is 0.625. The lowest BCUT2D eigenvalue weighted by Crippen LogP contribution is -2.53. The summed E-state index contributed by atoms with van der Waals surface area (Å²) in [5, 5.41) is 0.167. The molecule has 23 heavy (non-hydrogen) atoms. The van der Waals surface area contributed by atoms with E-state index >= 15 is 0 Å². The van der Waals surface area contributed by atoms with Crippen LogP contribution in [0, 0.1) is 0 Å². The highest BCUT2D eigenvalue weighted by Gasteiger charge is 2.37. The van der Waals surface area contributed by atoms with E-state index in [4.69, 9.17) is 4.43 Å². The highest BCUT2D eigenvalue weighted by molar-refractivity contribution is 6.74. The van der Waals surface area contributed by atoms with E-state index in [9.17, 15) is 9.59 Å². The first-order chi connectivity index (χ1) is 10.5. The van der Waals surface area contributed by atoms with Gasteiger partial charge in [0.15, 0.2) is 13.7 Å². The molecule has 0 radical (unpaired) electrons. The third kappa shape index (κ3) is 3.67. The third-order valence-corrected chi connectivity index (χ3v) is 9.42. The molecule has 0 bridgehead atoms. The maximum atomic E-state index is 12.4. The molecule has 1 N–H and O–H groups in total. The number of aromatic nitrogens is 1. The van der Waals surface area contributed by atoms with Crippen LogP contribution in [0.4, 0.5) is 0 Å². The van der Waals surface area contributed by atoms with Crippen molar-refractivity contribution >= 4 is 14.2 Å². The van der Waals surface area contributed by atoms with Crippen LogP contribution in [0.25, 0.3) is 0 Å². The lowest BCUT2D eigenvalue weighted by Gasteiger charge is -2.39. The van der Waals surface area contributed by atoms with Crippen LogP contribution < -0.4 is 10.9 Å². The molecule has 0 saturated heterocycles. The molecule has 1 amide bonds. The number of nitrogens with zero attached hydrogens (tertiary/aromatic N) is 2. The van der Waals surface area contributed by atoms with Gasteiger partial charge in [-0.15, -0.1) is 0 Å². The lowest BCUT2D eigenvalue weighted by molar-refractivity contribution is 0.0671. The second kappa shape index (κ2) is 6.12. The molecule has 1 aromatic rings. The highest BCUT2D eigenvalue weighted by Crippen LogP contribution is 2.36. The third-order valence-electron chi connectivity index (χ3n) is 4.88.